The SMILES string of the molecule is [2H]C([2H])(O)C([2H])([2H])O[C@H]1C[C@@H](Nc2nc(C)nc(Cl)c2N)[C@@H]2OC(C)(C)O[C@@H]21. The maximum atomic E-state index is 9.44. The number of nitrogen functional groups attached to an aromatic ring is 1. The zero-order chi connectivity index (χ0) is 21.1. The highest BCUT2D eigenvalue weighted by Gasteiger charge is 2.54. The molecule has 4 N–H and O–H groups in total. The summed E-state index contributed by atoms with van der Waals surface area (Å²) < 4.78 is 47.0. The number of nitrogens with zero attached hydrogens (tertiary/aromatic N) is 2. The van der Waals surface area contributed by atoms with Gasteiger partial charge in [-0.1, -0.05) is 11.6 Å². The molecular formula is C15H23ClN4O4. The lowest BCUT2D eigenvalue weighted by Gasteiger charge is -2.24. The zero-order valence-electron chi connectivity index (χ0n) is 17.5. The topological polar surface area (TPSA) is 112 Å². The molecule has 0 amide bonds. The van der Waals surface area contributed by atoms with Crippen LogP contribution in [-0.2, 0) is 14.2 Å². The Hall–Kier alpha value is -1.19. The molecule has 8 nitrogen and oxygen atoms in total. The third-order valence-electron chi connectivity index (χ3n) is 4.00. The minimum atomic E-state index is -3.19. The average molecular weight is 363 g/mol. The molecule has 2 heterocycles. The average Bonchev–Trinajstić information content (AvgIpc) is 2.98. The molecule has 1 aliphatic carbocycles. The van der Waals surface area contributed by atoms with Crippen LogP contribution in [0.25, 0.3) is 0 Å². The summed E-state index contributed by atoms with van der Waals surface area (Å²) in [6.07, 6.45) is -1.93. The maximum Gasteiger partial charge on any atom is 0.164 e. The van der Waals surface area contributed by atoms with Gasteiger partial charge in [-0.3, -0.25) is 0 Å². The van der Waals surface area contributed by atoms with Crippen LogP contribution >= 0.6 is 11.6 Å². The van der Waals surface area contributed by atoms with Crippen molar-refractivity contribution in [3.63, 3.8) is 0 Å². The molecule has 1 aromatic heterocycles. The number of fused-ring (bicyclic) bond motifs is 1. The molecule has 0 spiro atoms. The lowest BCUT2D eigenvalue weighted by atomic mass is 10.2. The van der Waals surface area contributed by atoms with E-state index in [1.54, 1.807) is 20.8 Å². The van der Waals surface area contributed by atoms with E-state index >= 15 is 0 Å². The van der Waals surface area contributed by atoms with Crippen molar-refractivity contribution in [3.05, 3.63) is 11.0 Å². The van der Waals surface area contributed by atoms with E-state index in [1.807, 2.05) is 0 Å². The number of nitrogens with one attached hydrogen (secondary N) is 1. The Kier molecular flexibility index (Phi) is 3.60. The van der Waals surface area contributed by atoms with Crippen LogP contribution in [0.5, 0.6) is 0 Å². The molecule has 4 atom stereocenters. The molecular weight excluding hydrogens is 336 g/mol. The zero-order valence-corrected chi connectivity index (χ0v) is 14.3. The number of nitrogens with two attached hydrogens (primary N) is 1. The van der Waals surface area contributed by atoms with Crippen LogP contribution in [0.3, 0.4) is 0 Å². The molecule has 0 bridgehead atoms. The fraction of sp³-hybridized carbons (Fsp3) is 0.733. The lowest BCUT2D eigenvalue weighted by molar-refractivity contribution is -0.167. The first-order chi connectivity index (χ1) is 12.7. The van der Waals surface area contributed by atoms with Crippen molar-refractivity contribution in [1.82, 2.24) is 9.97 Å². The molecule has 3 rings (SSSR count). The summed E-state index contributed by atoms with van der Waals surface area (Å²) in [5.74, 6) is -0.235. The predicted octanol–water partition coefficient (Wildman–Crippen LogP) is 1.10. The van der Waals surface area contributed by atoms with Gasteiger partial charge in [-0.15, -0.1) is 0 Å². The Morgan fingerprint density at radius 2 is 2.17 bits per heavy atom. The van der Waals surface area contributed by atoms with Crippen molar-refractivity contribution >= 4 is 23.1 Å². The van der Waals surface area contributed by atoms with Gasteiger partial charge in [0.2, 0.25) is 0 Å². The maximum absolute atomic E-state index is 9.44. The summed E-state index contributed by atoms with van der Waals surface area (Å²) in [7, 11) is 0. The van der Waals surface area contributed by atoms with E-state index in [0.29, 0.717) is 11.6 Å². The van der Waals surface area contributed by atoms with Crippen LogP contribution in [0.15, 0.2) is 0 Å². The quantitative estimate of drug-likeness (QED) is 0.668. The van der Waals surface area contributed by atoms with E-state index in [1.165, 1.54) is 0 Å². The molecule has 1 aromatic rings. The van der Waals surface area contributed by atoms with Gasteiger partial charge in [-0.05, 0) is 27.2 Å². The Morgan fingerprint density at radius 1 is 1.46 bits per heavy atom. The summed E-state index contributed by atoms with van der Waals surface area (Å²) in [5.41, 5.74) is 6.11. The normalized spacial score (nSPS) is 34.9. The van der Waals surface area contributed by atoms with Crippen molar-refractivity contribution < 1.29 is 24.8 Å². The number of rotatable bonds is 5. The fourth-order valence-electron chi connectivity index (χ4n) is 3.13. The van der Waals surface area contributed by atoms with E-state index in [4.69, 9.17) is 37.0 Å². The summed E-state index contributed by atoms with van der Waals surface area (Å²) in [6.45, 7) is -1.05. The van der Waals surface area contributed by atoms with Crippen LogP contribution in [-0.4, -0.2) is 58.3 Å². The van der Waals surface area contributed by atoms with Gasteiger partial charge in [-0.2, -0.15) is 0 Å². The standard InChI is InChI=1S/C15H23ClN4O4/c1-7-18-13(16)10(17)14(19-7)20-8-6-9(22-5-4-21)12-11(8)23-15(2,3)24-12/h8-9,11-12,21H,4-6,17H2,1-3H3,(H,18,19,20)/t8-,9+,11+,12-/m1/s1/i4D2,5D2. The molecule has 0 aromatic carbocycles. The number of ether oxygens (including phenoxy) is 3. The van der Waals surface area contributed by atoms with Crippen molar-refractivity contribution in [3.8, 4) is 0 Å². The van der Waals surface area contributed by atoms with Crippen molar-refractivity contribution in [2.75, 3.05) is 24.2 Å². The van der Waals surface area contributed by atoms with Crippen LogP contribution in [0.1, 0.15) is 31.6 Å². The molecule has 9 heteroatoms. The number of hydrogen-bond donors (Lipinski definition) is 3. The summed E-state index contributed by atoms with van der Waals surface area (Å²) >= 11 is 6.01. The Morgan fingerprint density at radius 3 is 2.88 bits per heavy atom. The number of aliphatic hydroxyl groups is 1. The Labute approximate surface area is 151 Å². The van der Waals surface area contributed by atoms with E-state index in [0.717, 1.165) is 0 Å². The van der Waals surface area contributed by atoms with Crippen LogP contribution < -0.4 is 11.1 Å². The number of aryl methyl sites for hydroxylation is 1. The molecule has 2 fully saturated rings. The summed E-state index contributed by atoms with van der Waals surface area (Å²) in [6, 6.07) is -0.440. The van der Waals surface area contributed by atoms with Gasteiger partial charge < -0.3 is 30.4 Å². The highest BCUT2D eigenvalue weighted by molar-refractivity contribution is 6.32. The van der Waals surface area contributed by atoms with Gasteiger partial charge in [-0.25, -0.2) is 9.97 Å². The Bertz CT molecular complexity index is 764. The number of hydrogen-bond acceptors (Lipinski definition) is 8. The number of aromatic nitrogens is 2. The third-order valence-corrected chi connectivity index (χ3v) is 4.29. The van der Waals surface area contributed by atoms with Gasteiger partial charge >= 0.3 is 0 Å². The van der Waals surface area contributed by atoms with Crippen LogP contribution in [0.4, 0.5) is 11.5 Å². The number of halogens is 1. The summed E-state index contributed by atoms with van der Waals surface area (Å²) in [4.78, 5) is 8.22. The van der Waals surface area contributed by atoms with Crippen LogP contribution in [0.2, 0.25) is 5.15 Å². The van der Waals surface area contributed by atoms with Gasteiger partial charge in [0.25, 0.3) is 0 Å². The van der Waals surface area contributed by atoms with Crippen molar-refractivity contribution in [2.24, 2.45) is 0 Å². The minimum Gasteiger partial charge on any atom is -0.394 e. The second-order valence-electron chi connectivity index (χ2n) is 6.25. The van der Waals surface area contributed by atoms with E-state index in [9.17, 15) is 5.11 Å². The second kappa shape index (κ2) is 6.61. The molecule has 2 aliphatic rings. The highest BCUT2D eigenvalue weighted by Crippen LogP contribution is 2.41. The molecule has 1 saturated heterocycles. The smallest absolute Gasteiger partial charge is 0.164 e. The molecule has 24 heavy (non-hydrogen) atoms. The molecule has 1 saturated carbocycles. The van der Waals surface area contributed by atoms with E-state index in [-0.39, 0.29) is 17.3 Å². The molecule has 0 unspecified atom stereocenters. The van der Waals surface area contributed by atoms with E-state index < -0.39 is 43.3 Å². The highest BCUT2D eigenvalue weighted by atomic mass is 35.5. The first-order valence-electron chi connectivity index (χ1n) is 9.52. The lowest BCUT2D eigenvalue weighted by Crippen LogP contribution is -2.35. The predicted molar refractivity (Wildman–Crippen MR) is 88.9 cm³/mol. The monoisotopic (exact) mass is 362 g/mol. The van der Waals surface area contributed by atoms with Crippen molar-refractivity contribution in [1.29, 1.82) is 0 Å². The first kappa shape index (κ1) is 13.1. The minimum absolute atomic E-state index is 0.103. The van der Waals surface area contributed by atoms with Gasteiger partial charge in [0, 0.05) is 0 Å². The third kappa shape index (κ3) is 3.43. The van der Waals surface area contributed by atoms with Crippen molar-refractivity contribution in [2.45, 2.75) is 57.3 Å². The summed E-state index contributed by atoms with van der Waals surface area (Å²) in [5, 5.41) is 12.7. The first-order valence-corrected chi connectivity index (χ1v) is 7.90. The van der Waals surface area contributed by atoms with E-state index in [2.05, 4.69) is 15.3 Å². The van der Waals surface area contributed by atoms with Crippen LogP contribution in [0, 0.1) is 6.92 Å². The largest absolute Gasteiger partial charge is 0.394 e. The van der Waals surface area contributed by atoms with Gasteiger partial charge in [0.15, 0.2) is 16.8 Å². The second-order valence-corrected chi connectivity index (χ2v) is 6.60. The van der Waals surface area contributed by atoms with Gasteiger partial charge in [0.1, 0.15) is 23.7 Å². The Balaban J connectivity index is 1.85. The fourth-order valence-corrected chi connectivity index (χ4v) is 3.34. The number of anilines is 2. The molecule has 1 aliphatic heterocycles. The molecule has 0 radical (unpaired) electrons. The van der Waals surface area contributed by atoms with Gasteiger partial charge in [0.05, 0.1) is 30.7 Å². The molecule has 134 valence electrons.